The number of nitrogens with one attached hydrogen (secondary N) is 3. The van der Waals surface area contributed by atoms with Crippen molar-refractivity contribution in [3.8, 4) is 16.9 Å². The maximum atomic E-state index is 13.5. The van der Waals surface area contributed by atoms with Gasteiger partial charge in [0.2, 0.25) is 0 Å². The predicted molar refractivity (Wildman–Crippen MR) is 118 cm³/mol. The SMILES string of the molecule is COc1cc(F)ccc1-c1cc(NC(=O)NC2CCC(NCCC(F)(F)F)CC2)ncc1Cl. The van der Waals surface area contributed by atoms with E-state index in [1.54, 1.807) is 6.07 Å². The smallest absolute Gasteiger partial charge is 0.390 e. The summed E-state index contributed by atoms with van der Waals surface area (Å²) in [6.45, 7) is -0.101. The standard InChI is InChI=1S/C22H25ClF4N4O2/c1-33-19-10-13(24)2-7-16(19)17-11-20(29-12-18(17)23)31-21(32)30-15-5-3-14(4-6-15)28-9-8-22(25,26)27/h2,7,10-12,14-15,28H,3-6,8-9H2,1H3,(H2,29,30,31,32). The van der Waals surface area contributed by atoms with E-state index in [2.05, 4.69) is 20.9 Å². The molecule has 0 spiro atoms. The minimum absolute atomic E-state index is 0.0136. The van der Waals surface area contributed by atoms with E-state index in [1.165, 1.54) is 31.5 Å². The number of halogens is 5. The van der Waals surface area contributed by atoms with E-state index in [4.69, 9.17) is 16.3 Å². The molecule has 1 aliphatic carbocycles. The number of amides is 2. The fraction of sp³-hybridized carbons (Fsp3) is 0.455. The second-order valence-corrected chi connectivity index (χ2v) is 8.27. The molecule has 0 aliphatic heterocycles. The minimum atomic E-state index is -4.17. The molecule has 0 bridgehead atoms. The Morgan fingerprint density at radius 3 is 2.52 bits per heavy atom. The number of methoxy groups -OCH3 is 1. The first kappa shape index (κ1) is 25.0. The molecule has 2 amide bonds. The van der Waals surface area contributed by atoms with Crippen molar-refractivity contribution in [1.82, 2.24) is 15.6 Å². The average Bonchev–Trinajstić information content (AvgIpc) is 2.75. The molecule has 2 aromatic rings. The lowest BCUT2D eigenvalue weighted by Gasteiger charge is -2.30. The Bertz CT molecular complexity index is 966. The third kappa shape index (κ3) is 7.46. The highest BCUT2D eigenvalue weighted by Crippen LogP contribution is 2.36. The molecule has 1 aliphatic rings. The first-order valence-corrected chi connectivity index (χ1v) is 10.9. The second kappa shape index (κ2) is 11.0. The van der Waals surface area contributed by atoms with Crippen molar-refractivity contribution in [3.05, 3.63) is 41.3 Å². The van der Waals surface area contributed by atoms with Crippen molar-refractivity contribution >= 4 is 23.4 Å². The number of alkyl halides is 3. The van der Waals surface area contributed by atoms with Gasteiger partial charge in [0.05, 0.1) is 18.6 Å². The zero-order valence-corrected chi connectivity index (χ0v) is 18.7. The molecule has 3 N–H and O–H groups in total. The number of anilines is 1. The van der Waals surface area contributed by atoms with Crippen LogP contribution in [0.5, 0.6) is 5.75 Å². The largest absolute Gasteiger partial charge is 0.496 e. The maximum absolute atomic E-state index is 13.5. The molecule has 0 saturated heterocycles. The fourth-order valence-electron chi connectivity index (χ4n) is 3.80. The van der Waals surface area contributed by atoms with Crippen molar-refractivity contribution in [2.45, 2.75) is 50.4 Å². The summed E-state index contributed by atoms with van der Waals surface area (Å²) in [5.74, 6) is 0.0867. The summed E-state index contributed by atoms with van der Waals surface area (Å²) in [6, 6.07) is 5.09. The zero-order valence-electron chi connectivity index (χ0n) is 17.9. The van der Waals surface area contributed by atoms with Crippen LogP contribution in [0.3, 0.4) is 0 Å². The second-order valence-electron chi connectivity index (χ2n) is 7.86. The van der Waals surface area contributed by atoms with Gasteiger partial charge in [-0.2, -0.15) is 13.2 Å². The number of carbonyl (C=O) groups is 1. The molecule has 1 aromatic carbocycles. The van der Waals surface area contributed by atoms with Gasteiger partial charge in [-0.05, 0) is 43.9 Å². The molecule has 0 radical (unpaired) electrons. The highest BCUT2D eigenvalue weighted by atomic mass is 35.5. The number of pyridine rings is 1. The number of urea groups is 1. The van der Waals surface area contributed by atoms with Crippen molar-refractivity contribution in [1.29, 1.82) is 0 Å². The normalized spacial score (nSPS) is 18.6. The summed E-state index contributed by atoms with van der Waals surface area (Å²) >= 11 is 6.26. The van der Waals surface area contributed by atoms with Crippen LogP contribution < -0.4 is 20.7 Å². The molecular weight excluding hydrogens is 464 g/mol. The van der Waals surface area contributed by atoms with Gasteiger partial charge in [-0.3, -0.25) is 5.32 Å². The van der Waals surface area contributed by atoms with Gasteiger partial charge >= 0.3 is 12.2 Å². The Balaban J connectivity index is 1.54. The van der Waals surface area contributed by atoms with Crippen LogP contribution in [-0.2, 0) is 0 Å². The summed E-state index contributed by atoms with van der Waals surface area (Å²) in [4.78, 5) is 16.6. The molecule has 11 heteroatoms. The number of ether oxygens (including phenoxy) is 1. The van der Waals surface area contributed by atoms with Gasteiger partial charge < -0.3 is 15.4 Å². The molecule has 1 aromatic heterocycles. The molecule has 1 heterocycles. The van der Waals surface area contributed by atoms with E-state index in [0.29, 0.717) is 47.6 Å². The third-order valence-electron chi connectivity index (χ3n) is 5.45. The minimum Gasteiger partial charge on any atom is -0.496 e. The summed E-state index contributed by atoms with van der Waals surface area (Å²) < 4.78 is 55.5. The van der Waals surface area contributed by atoms with E-state index >= 15 is 0 Å². The zero-order chi connectivity index (χ0) is 24.0. The summed E-state index contributed by atoms with van der Waals surface area (Å²) in [7, 11) is 1.42. The first-order valence-electron chi connectivity index (χ1n) is 10.5. The van der Waals surface area contributed by atoms with Crippen LogP contribution >= 0.6 is 11.6 Å². The van der Waals surface area contributed by atoms with Gasteiger partial charge in [0, 0.05) is 42.0 Å². The lowest BCUT2D eigenvalue weighted by molar-refractivity contribution is -0.133. The number of rotatable bonds is 7. The van der Waals surface area contributed by atoms with E-state index in [1.807, 2.05) is 0 Å². The van der Waals surface area contributed by atoms with Gasteiger partial charge in [-0.15, -0.1) is 0 Å². The molecule has 1 fully saturated rings. The van der Waals surface area contributed by atoms with E-state index in [0.717, 1.165) is 0 Å². The molecule has 3 rings (SSSR count). The third-order valence-corrected chi connectivity index (χ3v) is 5.76. The lowest BCUT2D eigenvalue weighted by Crippen LogP contribution is -2.44. The quantitative estimate of drug-likeness (QED) is 0.448. The Kier molecular flexibility index (Phi) is 8.36. The molecule has 33 heavy (non-hydrogen) atoms. The number of benzene rings is 1. The van der Waals surface area contributed by atoms with E-state index < -0.39 is 24.4 Å². The van der Waals surface area contributed by atoms with Crippen LogP contribution in [0.1, 0.15) is 32.1 Å². The summed E-state index contributed by atoms with van der Waals surface area (Å²) in [6.07, 6.45) is -0.971. The highest BCUT2D eigenvalue weighted by molar-refractivity contribution is 6.33. The number of hydrogen-bond donors (Lipinski definition) is 3. The monoisotopic (exact) mass is 488 g/mol. The first-order chi connectivity index (χ1) is 15.6. The fourth-order valence-corrected chi connectivity index (χ4v) is 4.00. The van der Waals surface area contributed by atoms with Crippen molar-refractivity contribution in [3.63, 3.8) is 0 Å². The van der Waals surface area contributed by atoms with Crippen LogP contribution in [0, 0.1) is 5.82 Å². The van der Waals surface area contributed by atoms with Crippen molar-refractivity contribution < 1.29 is 27.1 Å². The van der Waals surface area contributed by atoms with Crippen LogP contribution in [0.15, 0.2) is 30.5 Å². The van der Waals surface area contributed by atoms with Crippen LogP contribution in [0.25, 0.3) is 11.1 Å². The van der Waals surface area contributed by atoms with Crippen LogP contribution in [0.2, 0.25) is 5.02 Å². The van der Waals surface area contributed by atoms with Crippen molar-refractivity contribution in [2.75, 3.05) is 19.0 Å². The molecular formula is C22H25ClF4N4O2. The van der Waals surface area contributed by atoms with E-state index in [9.17, 15) is 22.4 Å². The van der Waals surface area contributed by atoms with Crippen LogP contribution in [0.4, 0.5) is 28.2 Å². The van der Waals surface area contributed by atoms with Gasteiger partial charge in [0.25, 0.3) is 0 Å². The molecule has 180 valence electrons. The summed E-state index contributed by atoms with van der Waals surface area (Å²) in [5, 5.41) is 8.76. The molecule has 1 saturated carbocycles. The predicted octanol–water partition coefficient (Wildman–Crippen LogP) is 5.52. The van der Waals surface area contributed by atoms with Crippen LogP contribution in [-0.4, -0.2) is 42.9 Å². The number of carbonyl (C=O) groups excluding carboxylic acids is 1. The molecule has 6 nitrogen and oxygen atoms in total. The lowest BCUT2D eigenvalue weighted by atomic mass is 9.91. The summed E-state index contributed by atoms with van der Waals surface area (Å²) in [5.41, 5.74) is 1.07. The van der Waals surface area contributed by atoms with Crippen molar-refractivity contribution in [2.24, 2.45) is 0 Å². The number of aromatic nitrogens is 1. The highest BCUT2D eigenvalue weighted by Gasteiger charge is 2.28. The number of hydrogen-bond acceptors (Lipinski definition) is 4. The Labute approximate surface area is 194 Å². The average molecular weight is 489 g/mol. The molecule has 0 atom stereocenters. The maximum Gasteiger partial charge on any atom is 0.390 e. The Hall–Kier alpha value is -2.59. The van der Waals surface area contributed by atoms with E-state index in [-0.39, 0.29) is 24.4 Å². The Morgan fingerprint density at radius 1 is 1.15 bits per heavy atom. The van der Waals surface area contributed by atoms with Gasteiger partial charge in [-0.1, -0.05) is 11.6 Å². The Morgan fingerprint density at radius 2 is 1.85 bits per heavy atom. The molecule has 0 unspecified atom stereocenters. The number of nitrogens with zero attached hydrogens (tertiary/aromatic N) is 1. The van der Waals surface area contributed by atoms with Gasteiger partial charge in [-0.25, -0.2) is 14.2 Å². The van der Waals surface area contributed by atoms with Gasteiger partial charge in [0.15, 0.2) is 0 Å². The topological polar surface area (TPSA) is 75.3 Å². The van der Waals surface area contributed by atoms with Gasteiger partial charge in [0.1, 0.15) is 17.4 Å².